The van der Waals surface area contributed by atoms with Crippen molar-refractivity contribution in [1.82, 2.24) is 4.67 Å². The molecule has 10 heavy (non-hydrogen) atoms. The van der Waals surface area contributed by atoms with Gasteiger partial charge in [0.05, 0.1) is 0 Å². The molecule has 0 saturated heterocycles. The average molecular weight is 167 g/mol. The Kier molecular flexibility index (Phi) is 4.13. The molecular formula is C5H14NO3P. The number of hydrogen-bond donors (Lipinski definition) is 0. The maximum Gasteiger partial charge on any atom is 0.407 e. The Morgan fingerprint density at radius 1 is 1.40 bits per heavy atom. The van der Waals surface area contributed by atoms with Gasteiger partial charge in [-0.2, -0.15) is 0 Å². The molecule has 0 saturated carbocycles. The van der Waals surface area contributed by atoms with Crippen LogP contribution in [0.4, 0.5) is 0 Å². The third-order valence-electron chi connectivity index (χ3n) is 1.34. The van der Waals surface area contributed by atoms with Crippen LogP contribution in [-0.4, -0.2) is 32.5 Å². The van der Waals surface area contributed by atoms with E-state index in [1.54, 1.807) is 7.05 Å². The fraction of sp³-hybridized carbons (Fsp3) is 1.00. The standard InChI is InChI=1S/C5H14NO3P/c1-5-6(2)10(7,8-3)9-4/h5H2,1-4H3. The predicted octanol–water partition coefficient (Wildman–Crippen LogP) is 1.34. The van der Waals surface area contributed by atoms with Crippen molar-refractivity contribution < 1.29 is 13.6 Å². The van der Waals surface area contributed by atoms with Crippen LogP contribution in [0.2, 0.25) is 0 Å². The van der Waals surface area contributed by atoms with Gasteiger partial charge in [0.2, 0.25) is 0 Å². The molecule has 0 aliphatic rings. The molecule has 0 N–H and O–H groups in total. The van der Waals surface area contributed by atoms with Crippen LogP contribution in [0, 0.1) is 0 Å². The molecule has 0 heterocycles. The van der Waals surface area contributed by atoms with Gasteiger partial charge < -0.3 is 0 Å². The normalized spacial score (nSPS) is 12.5. The van der Waals surface area contributed by atoms with Gasteiger partial charge in [-0.25, -0.2) is 9.24 Å². The van der Waals surface area contributed by atoms with E-state index in [4.69, 9.17) is 9.05 Å². The summed E-state index contributed by atoms with van der Waals surface area (Å²) in [4.78, 5) is 0. The van der Waals surface area contributed by atoms with Gasteiger partial charge >= 0.3 is 7.75 Å². The van der Waals surface area contributed by atoms with Crippen molar-refractivity contribution in [2.24, 2.45) is 0 Å². The zero-order chi connectivity index (χ0) is 8.20. The van der Waals surface area contributed by atoms with Crippen LogP contribution in [0.15, 0.2) is 0 Å². The van der Waals surface area contributed by atoms with Gasteiger partial charge in [-0.05, 0) is 7.05 Å². The molecule has 0 aromatic heterocycles. The van der Waals surface area contributed by atoms with Crippen molar-refractivity contribution in [3.8, 4) is 0 Å². The first-order valence-corrected chi connectivity index (χ1v) is 4.53. The van der Waals surface area contributed by atoms with Crippen LogP contribution in [0.1, 0.15) is 6.92 Å². The lowest BCUT2D eigenvalue weighted by Crippen LogP contribution is -2.15. The topological polar surface area (TPSA) is 38.8 Å². The Hall–Kier alpha value is 0.110. The largest absolute Gasteiger partial charge is 0.407 e. The molecule has 4 nitrogen and oxygen atoms in total. The van der Waals surface area contributed by atoms with E-state index in [0.29, 0.717) is 6.54 Å². The maximum atomic E-state index is 11.4. The van der Waals surface area contributed by atoms with Gasteiger partial charge in [-0.3, -0.25) is 9.05 Å². The quantitative estimate of drug-likeness (QED) is 0.592. The van der Waals surface area contributed by atoms with Crippen molar-refractivity contribution >= 4 is 7.75 Å². The maximum absolute atomic E-state index is 11.4. The summed E-state index contributed by atoms with van der Waals surface area (Å²) in [5, 5.41) is 0. The molecule has 0 aromatic rings. The Bertz CT molecular complexity index is 131. The van der Waals surface area contributed by atoms with Gasteiger partial charge in [-0.1, -0.05) is 6.92 Å². The molecule has 5 heteroatoms. The second kappa shape index (κ2) is 4.09. The molecule has 0 rings (SSSR count). The van der Waals surface area contributed by atoms with Crippen LogP contribution in [0.25, 0.3) is 0 Å². The zero-order valence-electron chi connectivity index (χ0n) is 6.83. The summed E-state index contributed by atoms with van der Waals surface area (Å²) in [6, 6.07) is 0. The van der Waals surface area contributed by atoms with Crippen LogP contribution in [0.5, 0.6) is 0 Å². The van der Waals surface area contributed by atoms with Crippen LogP contribution < -0.4 is 0 Å². The molecule has 0 aliphatic carbocycles. The smallest absolute Gasteiger partial charge is 0.300 e. The highest BCUT2D eigenvalue weighted by Gasteiger charge is 2.25. The monoisotopic (exact) mass is 167 g/mol. The van der Waals surface area contributed by atoms with Crippen molar-refractivity contribution in [3.05, 3.63) is 0 Å². The molecule has 0 radical (unpaired) electrons. The number of rotatable bonds is 4. The van der Waals surface area contributed by atoms with Crippen LogP contribution >= 0.6 is 7.75 Å². The molecule has 0 aromatic carbocycles. The first kappa shape index (κ1) is 10.1. The van der Waals surface area contributed by atoms with E-state index < -0.39 is 7.75 Å². The van der Waals surface area contributed by atoms with E-state index in [9.17, 15) is 4.57 Å². The summed E-state index contributed by atoms with van der Waals surface area (Å²) in [6.07, 6.45) is 0. The molecule has 0 aliphatic heterocycles. The van der Waals surface area contributed by atoms with E-state index >= 15 is 0 Å². The van der Waals surface area contributed by atoms with Crippen molar-refractivity contribution in [2.75, 3.05) is 27.8 Å². The molecule has 0 spiro atoms. The molecular weight excluding hydrogens is 153 g/mol. The lowest BCUT2D eigenvalue weighted by Gasteiger charge is -2.22. The lowest BCUT2D eigenvalue weighted by molar-refractivity contribution is 0.223. The van der Waals surface area contributed by atoms with Crippen molar-refractivity contribution in [1.29, 1.82) is 0 Å². The van der Waals surface area contributed by atoms with Crippen LogP contribution in [0.3, 0.4) is 0 Å². The fourth-order valence-electron chi connectivity index (χ4n) is 0.527. The number of hydrogen-bond acceptors (Lipinski definition) is 3. The van der Waals surface area contributed by atoms with Gasteiger partial charge in [0.25, 0.3) is 0 Å². The van der Waals surface area contributed by atoms with E-state index in [1.807, 2.05) is 6.92 Å². The highest BCUT2D eigenvalue weighted by Crippen LogP contribution is 2.48. The predicted molar refractivity (Wildman–Crippen MR) is 39.9 cm³/mol. The third kappa shape index (κ3) is 2.06. The molecule has 62 valence electrons. The Morgan fingerprint density at radius 2 is 1.80 bits per heavy atom. The summed E-state index contributed by atoms with van der Waals surface area (Å²) in [7, 11) is 1.49. The summed E-state index contributed by atoms with van der Waals surface area (Å²) >= 11 is 0. The van der Waals surface area contributed by atoms with Crippen molar-refractivity contribution in [2.45, 2.75) is 6.92 Å². The number of nitrogens with zero attached hydrogens (tertiary/aromatic N) is 1. The first-order valence-electron chi connectivity index (χ1n) is 3.03. The van der Waals surface area contributed by atoms with Crippen LogP contribution in [-0.2, 0) is 13.6 Å². The van der Waals surface area contributed by atoms with E-state index in [1.165, 1.54) is 18.9 Å². The van der Waals surface area contributed by atoms with Gasteiger partial charge in [-0.15, -0.1) is 0 Å². The van der Waals surface area contributed by atoms with E-state index in [0.717, 1.165) is 0 Å². The third-order valence-corrected chi connectivity index (χ3v) is 3.38. The van der Waals surface area contributed by atoms with E-state index in [-0.39, 0.29) is 0 Å². The summed E-state index contributed by atoms with van der Waals surface area (Å²) < 4.78 is 22.3. The van der Waals surface area contributed by atoms with Gasteiger partial charge in [0.15, 0.2) is 0 Å². The molecule has 0 bridgehead atoms. The second-order valence-corrected chi connectivity index (χ2v) is 4.16. The summed E-state index contributed by atoms with van der Waals surface area (Å²) in [5.41, 5.74) is 0. The molecule has 0 unspecified atom stereocenters. The molecule has 0 atom stereocenters. The minimum absolute atomic E-state index is 0.638. The zero-order valence-corrected chi connectivity index (χ0v) is 7.72. The fourth-order valence-corrected chi connectivity index (χ4v) is 1.58. The SMILES string of the molecule is CCN(C)P(=O)(OC)OC. The first-order chi connectivity index (χ1) is 4.60. The highest BCUT2D eigenvalue weighted by molar-refractivity contribution is 7.51. The Morgan fingerprint density at radius 3 is 1.90 bits per heavy atom. The van der Waals surface area contributed by atoms with Gasteiger partial charge in [0.1, 0.15) is 0 Å². The lowest BCUT2D eigenvalue weighted by atomic mass is 10.8. The van der Waals surface area contributed by atoms with Crippen molar-refractivity contribution in [3.63, 3.8) is 0 Å². The Balaban J connectivity index is 4.18. The highest BCUT2D eigenvalue weighted by atomic mass is 31.2. The van der Waals surface area contributed by atoms with Gasteiger partial charge in [0, 0.05) is 20.8 Å². The average Bonchev–Trinajstić information content (AvgIpc) is 2.01. The summed E-state index contributed by atoms with van der Waals surface area (Å²) in [6.45, 7) is 2.52. The molecule has 0 fully saturated rings. The second-order valence-electron chi connectivity index (χ2n) is 1.81. The Labute approximate surface area is 61.7 Å². The minimum Gasteiger partial charge on any atom is -0.300 e. The molecule has 0 amide bonds. The minimum atomic E-state index is -2.94. The summed E-state index contributed by atoms with van der Waals surface area (Å²) in [5.74, 6) is 0. The van der Waals surface area contributed by atoms with E-state index in [2.05, 4.69) is 0 Å².